The van der Waals surface area contributed by atoms with E-state index in [1.54, 1.807) is 20.8 Å². The molecule has 9 nitrogen and oxygen atoms in total. The molecule has 1 aliphatic heterocycles. The molecule has 1 aromatic heterocycles. The number of alkyl carbamates (subject to hydrolysis) is 1. The number of urea groups is 1. The third-order valence-corrected chi connectivity index (χ3v) is 7.11. The van der Waals surface area contributed by atoms with Crippen molar-refractivity contribution in [1.29, 1.82) is 0 Å². The number of oxazole rings is 1. The maximum absolute atomic E-state index is 15.9. The number of nitrogens with one attached hydrogen (secondary N) is 2. The van der Waals surface area contributed by atoms with Gasteiger partial charge in [0, 0.05) is 25.5 Å². The maximum Gasteiger partial charge on any atom is 0.410 e. The highest BCUT2D eigenvalue weighted by atomic mass is 19.4. The number of nitrogens with zero attached hydrogens (tertiary/aromatic N) is 2. The fourth-order valence-corrected chi connectivity index (χ4v) is 5.11. The van der Waals surface area contributed by atoms with Crippen molar-refractivity contribution < 1.29 is 49.8 Å². The molecule has 0 spiro atoms. The van der Waals surface area contributed by atoms with Crippen LogP contribution >= 0.6 is 0 Å². The van der Waals surface area contributed by atoms with Gasteiger partial charge in [0.25, 0.3) is 0 Å². The Hall–Kier alpha value is -3.23. The van der Waals surface area contributed by atoms with Crippen molar-refractivity contribution in [3.63, 3.8) is 0 Å². The van der Waals surface area contributed by atoms with Crippen LogP contribution in [0.3, 0.4) is 0 Å². The third kappa shape index (κ3) is 6.99. The van der Waals surface area contributed by atoms with Gasteiger partial charge in [-0.2, -0.15) is 13.2 Å². The van der Waals surface area contributed by atoms with Crippen molar-refractivity contribution in [2.75, 3.05) is 20.3 Å². The standard InChI is InChI=1S/C26H32F6N4O5/c1-24(2,3)41-23(38)35-19(13-7-9-25(28,29)10-8-13)21-34-20-16(40-21)6-5-14(18(20)27)15(12-39-4)36-11-17(26(30,31)32)33-22(36)37/h5-6,13,15,17,19H,7-12H2,1-4H3,(H,33,37)(H,35,38)/t15-,17-,19?/m0/s1. The van der Waals surface area contributed by atoms with Crippen LogP contribution in [-0.4, -0.2) is 66.0 Å². The van der Waals surface area contributed by atoms with Crippen molar-refractivity contribution in [2.24, 2.45) is 5.92 Å². The molecule has 4 rings (SSSR count). The van der Waals surface area contributed by atoms with Crippen LogP contribution in [0.5, 0.6) is 0 Å². The van der Waals surface area contributed by atoms with Crippen LogP contribution in [-0.2, 0) is 9.47 Å². The van der Waals surface area contributed by atoms with Crippen LogP contribution in [0.2, 0.25) is 0 Å². The van der Waals surface area contributed by atoms with Crippen LogP contribution in [0.4, 0.5) is 35.9 Å². The Kier molecular flexibility index (Phi) is 8.40. The normalized spacial score (nSPS) is 21.6. The number of aromatic nitrogens is 1. The molecule has 1 aliphatic carbocycles. The third-order valence-electron chi connectivity index (χ3n) is 7.11. The molecule has 3 atom stereocenters. The van der Waals surface area contributed by atoms with Gasteiger partial charge >= 0.3 is 18.3 Å². The van der Waals surface area contributed by atoms with Crippen LogP contribution in [0.1, 0.15) is 70.0 Å². The van der Waals surface area contributed by atoms with Gasteiger partial charge in [-0.1, -0.05) is 6.07 Å². The Bertz CT molecular complexity index is 1270. The summed E-state index contributed by atoms with van der Waals surface area (Å²) in [6.07, 6.45) is -6.33. The van der Waals surface area contributed by atoms with Gasteiger partial charge in [0.05, 0.1) is 19.2 Å². The van der Waals surface area contributed by atoms with Crippen molar-refractivity contribution in [3.8, 4) is 0 Å². The number of amides is 3. The molecule has 0 bridgehead atoms. The molecule has 1 unspecified atom stereocenters. The first-order chi connectivity index (χ1) is 19.0. The Balaban J connectivity index is 1.68. The second kappa shape index (κ2) is 11.2. The molecule has 1 aromatic carbocycles. The molecular weight excluding hydrogens is 562 g/mol. The summed E-state index contributed by atoms with van der Waals surface area (Å²) < 4.78 is 99.6. The lowest BCUT2D eigenvalue weighted by atomic mass is 9.82. The summed E-state index contributed by atoms with van der Waals surface area (Å²) in [5.74, 6) is -4.48. The number of fused-ring (bicyclic) bond motifs is 1. The van der Waals surface area contributed by atoms with E-state index in [0.717, 1.165) is 4.90 Å². The molecule has 41 heavy (non-hydrogen) atoms. The van der Waals surface area contributed by atoms with E-state index in [1.807, 2.05) is 5.32 Å². The predicted molar refractivity (Wildman–Crippen MR) is 133 cm³/mol. The first-order valence-electron chi connectivity index (χ1n) is 13.1. The largest absolute Gasteiger partial charge is 0.444 e. The topological polar surface area (TPSA) is 106 Å². The number of carbonyl (C=O) groups is 2. The Morgan fingerprint density at radius 3 is 2.46 bits per heavy atom. The fourth-order valence-electron chi connectivity index (χ4n) is 5.11. The molecule has 15 heteroatoms. The molecule has 0 radical (unpaired) electrons. The lowest BCUT2D eigenvalue weighted by molar-refractivity contribution is -0.150. The van der Waals surface area contributed by atoms with E-state index in [-0.39, 0.29) is 42.0 Å². The van der Waals surface area contributed by atoms with E-state index in [9.17, 15) is 31.5 Å². The first-order valence-corrected chi connectivity index (χ1v) is 13.1. The van der Waals surface area contributed by atoms with Crippen molar-refractivity contribution in [3.05, 3.63) is 29.4 Å². The van der Waals surface area contributed by atoms with Gasteiger partial charge in [0.15, 0.2) is 11.4 Å². The van der Waals surface area contributed by atoms with E-state index in [1.165, 1.54) is 19.2 Å². The highest BCUT2D eigenvalue weighted by molar-refractivity contribution is 5.79. The molecule has 3 amide bonds. The summed E-state index contributed by atoms with van der Waals surface area (Å²) in [6, 6.07) is -2.84. The van der Waals surface area contributed by atoms with E-state index in [4.69, 9.17) is 13.9 Å². The van der Waals surface area contributed by atoms with Crippen molar-refractivity contribution in [1.82, 2.24) is 20.5 Å². The van der Waals surface area contributed by atoms with Gasteiger partial charge in [-0.25, -0.2) is 27.7 Å². The number of methoxy groups -OCH3 is 1. The molecule has 228 valence electrons. The molecule has 2 fully saturated rings. The number of carbonyl (C=O) groups excluding carboxylic acids is 2. The smallest absolute Gasteiger partial charge is 0.410 e. The summed E-state index contributed by atoms with van der Waals surface area (Å²) >= 11 is 0. The molecule has 1 saturated heterocycles. The Labute approximate surface area is 231 Å². The number of benzene rings is 1. The number of rotatable bonds is 7. The minimum atomic E-state index is -4.70. The first kappa shape index (κ1) is 30.7. The molecule has 2 N–H and O–H groups in total. The van der Waals surface area contributed by atoms with Crippen LogP contribution in [0.15, 0.2) is 16.5 Å². The zero-order valence-electron chi connectivity index (χ0n) is 22.9. The van der Waals surface area contributed by atoms with Gasteiger partial charge in [-0.3, -0.25) is 0 Å². The van der Waals surface area contributed by atoms with Gasteiger partial charge in [-0.05, 0) is 45.6 Å². The second-order valence-corrected chi connectivity index (χ2v) is 11.4. The molecule has 2 heterocycles. The minimum absolute atomic E-state index is 0.0281. The summed E-state index contributed by atoms with van der Waals surface area (Å²) in [6.45, 7) is 3.86. The van der Waals surface area contributed by atoms with Gasteiger partial charge in [0.1, 0.15) is 23.2 Å². The van der Waals surface area contributed by atoms with E-state index >= 15 is 4.39 Å². The zero-order valence-corrected chi connectivity index (χ0v) is 22.9. The van der Waals surface area contributed by atoms with E-state index < -0.39 is 79.1 Å². The maximum atomic E-state index is 15.9. The number of alkyl halides is 5. The summed E-state index contributed by atoms with van der Waals surface area (Å²) in [4.78, 5) is 30.1. The van der Waals surface area contributed by atoms with Gasteiger partial charge in [0.2, 0.25) is 11.8 Å². The van der Waals surface area contributed by atoms with Gasteiger partial charge < -0.3 is 29.4 Å². The van der Waals surface area contributed by atoms with Gasteiger partial charge in [-0.15, -0.1) is 0 Å². The lowest BCUT2D eigenvalue weighted by Gasteiger charge is -2.33. The number of hydrogen-bond acceptors (Lipinski definition) is 6. The summed E-state index contributed by atoms with van der Waals surface area (Å²) in [5, 5.41) is 4.47. The van der Waals surface area contributed by atoms with Crippen LogP contribution in [0.25, 0.3) is 11.1 Å². The highest BCUT2D eigenvalue weighted by Gasteiger charge is 2.49. The average molecular weight is 595 g/mol. The number of halogens is 6. The molecule has 2 aromatic rings. The fraction of sp³-hybridized carbons (Fsp3) is 0.654. The van der Waals surface area contributed by atoms with Crippen molar-refractivity contribution in [2.45, 2.75) is 82.3 Å². The summed E-state index contributed by atoms with van der Waals surface area (Å²) in [5.41, 5.74) is -1.37. The summed E-state index contributed by atoms with van der Waals surface area (Å²) in [7, 11) is 1.26. The number of hydrogen-bond donors (Lipinski definition) is 2. The monoisotopic (exact) mass is 594 g/mol. The molecule has 2 aliphatic rings. The SMILES string of the molecule is COC[C@@H](c1ccc2oc(C(NC(=O)OC(C)(C)C)C3CCC(F)(F)CC3)nc2c1F)N1C[C@@H](C(F)(F)F)NC1=O. The molecular formula is C26H32F6N4O5. The molecule has 1 saturated carbocycles. The lowest BCUT2D eigenvalue weighted by Crippen LogP contribution is -2.40. The number of ether oxygens (including phenoxy) is 2. The van der Waals surface area contributed by atoms with Crippen LogP contribution in [0, 0.1) is 11.7 Å². The Morgan fingerprint density at radius 2 is 1.90 bits per heavy atom. The zero-order chi connectivity index (χ0) is 30.3. The van der Waals surface area contributed by atoms with Crippen LogP contribution < -0.4 is 10.6 Å². The predicted octanol–water partition coefficient (Wildman–Crippen LogP) is 6.00. The van der Waals surface area contributed by atoms with E-state index in [0.29, 0.717) is 0 Å². The highest BCUT2D eigenvalue weighted by Crippen LogP contribution is 2.42. The Morgan fingerprint density at radius 1 is 1.24 bits per heavy atom. The second-order valence-electron chi connectivity index (χ2n) is 11.4. The minimum Gasteiger partial charge on any atom is -0.444 e. The average Bonchev–Trinajstić information content (AvgIpc) is 3.45. The van der Waals surface area contributed by atoms with Crippen molar-refractivity contribution >= 4 is 23.2 Å². The quantitative estimate of drug-likeness (QED) is 0.381. The van der Waals surface area contributed by atoms with E-state index in [2.05, 4.69) is 10.3 Å².